The van der Waals surface area contributed by atoms with Crippen LogP contribution in [0.15, 0.2) is 41.5 Å². The Morgan fingerprint density at radius 2 is 1.79 bits per heavy atom. The fourth-order valence-corrected chi connectivity index (χ4v) is 5.82. The minimum atomic E-state index is -0.571. The van der Waals surface area contributed by atoms with Gasteiger partial charge in [0, 0.05) is 48.9 Å². The Hall–Kier alpha value is -3.33. The number of rotatable bonds is 5. The van der Waals surface area contributed by atoms with Crippen LogP contribution in [0.3, 0.4) is 0 Å². The Labute approximate surface area is 229 Å². The second-order valence-electron chi connectivity index (χ2n) is 11.8. The minimum absolute atomic E-state index is 0.0622. The standard InChI is InChI=1S/C30H38FN5O3/c1-30(2,3)39-29(38)34-26-16-20(6-11-32-26)19-35-12-7-22(8-13-35)28(37)36-14-9-21(10-15-36)27-25-5-4-24(31)17-23(25)18-33-27/h4-6,11,16-17,21-22H,7-10,12-15,18-19H2,1-3H3,(H,32,34,38). The first-order chi connectivity index (χ1) is 18.6. The van der Waals surface area contributed by atoms with Crippen LogP contribution in [0, 0.1) is 17.7 Å². The van der Waals surface area contributed by atoms with E-state index in [1.165, 1.54) is 6.07 Å². The van der Waals surface area contributed by atoms with E-state index in [0.29, 0.717) is 18.3 Å². The van der Waals surface area contributed by atoms with Gasteiger partial charge in [-0.3, -0.25) is 20.0 Å². The quantitative estimate of drug-likeness (QED) is 0.581. The van der Waals surface area contributed by atoms with Gasteiger partial charge in [0.2, 0.25) is 5.91 Å². The van der Waals surface area contributed by atoms with Crippen molar-refractivity contribution in [2.75, 3.05) is 31.5 Å². The summed E-state index contributed by atoms with van der Waals surface area (Å²) in [5, 5.41) is 2.70. The van der Waals surface area contributed by atoms with Crippen molar-refractivity contribution in [1.82, 2.24) is 14.8 Å². The van der Waals surface area contributed by atoms with Gasteiger partial charge in [0.1, 0.15) is 17.2 Å². The Kier molecular flexibility index (Phi) is 7.98. The zero-order valence-electron chi connectivity index (χ0n) is 23.1. The molecule has 0 unspecified atom stereocenters. The number of aliphatic imine (C=N–C) groups is 1. The van der Waals surface area contributed by atoms with Crippen molar-refractivity contribution in [3.63, 3.8) is 0 Å². The molecule has 5 rings (SSSR count). The molecule has 2 saturated heterocycles. The number of nitrogens with one attached hydrogen (secondary N) is 1. The van der Waals surface area contributed by atoms with Gasteiger partial charge in [0.25, 0.3) is 0 Å². The lowest BCUT2D eigenvalue weighted by Gasteiger charge is -2.37. The Morgan fingerprint density at radius 3 is 2.51 bits per heavy atom. The first kappa shape index (κ1) is 27.2. The first-order valence-corrected chi connectivity index (χ1v) is 13.9. The fraction of sp³-hybridized carbons (Fsp3) is 0.533. The lowest BCUT2D eigenvalue weighted by Crippen LogP contribution is -2.46. The molecule has 1 aromatic heterocycles. The molecule has 39 heavy (non-hydrogen) atoms. The molecule has 3 aliphatic heterocycles. The molecule has 0 atom stereocenters. The summed E-state index contributed by atoms with van der Waals surface area (Å²) < 4.78 is 18.9. The molecule has 0 saturated carbocycles. The van der Waals surface area contributed by atoms with Gasteiger partial charge in [-0.1, -0.05) is 0 Å². The number of benzene rings is 1. The van der Waals surface area contributed by atoms with Gasteiger partial charge in [-0.05, 0) is 101 Å². The lowest BCUT2D eigenvalue weighted by molar-refractivity contribution is -0.138. The minimum Gasteiger partial charge on any atom is -0.444 e. The predicted molar refractivity (Wildman–Crippen MR) is 148 cm³/mol. The molecule has 8 nitrogen and oxygen atoms in total. The molecule has 0 aliphatic carbocycles. The third kappa shape index (κ3) is 6.82. The number of carbonyl (C=O) groups is 2. The summed E-state index contributed by atoms with van der Waals surface area (Å²) in [6.45, 7) is 9.98. The third-order valence-corrected chi connectivity index (χ3v) is 7.75. The molecular formula is C30H38FN5O3. The molecule has 2 fully saturated rings. The molecule has 4 heterocycles. The van der Waals surface area contributed by atoms with Crippen molar-refractivity contribution < 1.29 is 18.7 Å². The number of carbonyl (C=O) groups excluding carboxylic acids is 2. The second kappa shape index (κ2) is 11.4. The third-order valence-electron chi connectivity index (χ3n) is 7.75. The van der Waals surface area contributed by atoms with Crippen molar-refractivity contribution in [2.45, 2.75) is 65.1 Å². The van der Waals surface area contributed by atoms with E-state index in [-0.39, 0.29) is 17.6 Å². The van der Waals surface area contributed by atoms with Crippen molar-refractivity contribution in [2.24, 2.45) is 16.8 Å². The predicted octanol–water partition coefficient (Wildman–Crippen LogP) is 5.02. The van der Waals surface area contributed by atoms with Crippen LogP contribution >= 0.6 is 0 Å². The van der Waals surface area contributed by atoms with Gasteiger partial charge in [-0.15, -0.1) is 0 Å². The van der Waals surface area contributed by atoms with E-state index in [0.717, 1.165) is 80.8 Å². The molecule has 9 heteroatoms. The van der Waals surface area contributed by atoms with Crippen LogP contribution in [0.2, 0.25) is 0 Å². The Balaban J connectivity index is 1.07. The summed E-state index contributed by atoms with van der Waals surface area (Å²) in [5.74, 6) is 0.924. The van der Waals surface area contributed by atoms with Gasteiger partial charge in [0.15, 0.2) is 0 Å². The van der Waals surface area contributed by atoms with E-state index >= 15 is 0 Å². The zero-order valence-corrected chi connectivity index (χ0v) is 23.1. The lowest BCUT2D eigenvalue weighted by atomic mass is 9.86. The molecule has 3 aliphatic rings. The number of aromatic nitrogens is 1. The number of nitrogens with zero attached hydrogens (tertiary/aromatic N) is 4. The van der Waals surface area contributed by atoms with Crippen LogP contribution in [0.5, 0.6) is 0 Å². The zero-order chi connectivity index (χ0) is 27.6. The molecule has 0 bridgehead atoms. The maximum Gasteiger partial charge on any atom is 0.413 e. The first-order valence-electron chi connectivity index (χ1n) is 13.9. The van der Waals surface area contributed by atoms with Crippen molar-refractivity contribution in [3.8, 4) is 0 Å². The highest BCUT2D eigenvalue weighted by Gasteiger charge is 2.33. The van der Waals surface area contributed by atoms with Crippen LogP contribution in [-0.4, -0.2) is 64.3 Å². The number of anilines is 1. The van der Waals surface area contributed by atoms with Crippen LogP contribution in [-0.2, 0) is 22.6 Å². The summed E-state index contributed by atoms with van der Waals surface area (Å²) >= 11 is 0. The van der Waals surface area contributed by atoms with E-state index < -0.39 is 11.7 Å². The number of ether oxygens (including phenoxy) is 1. The highest BCUT2D eigenvalue weighted by molar-refractivity contribution is 6.05. The maximum atomic E-state index is 13.6. The maximum absolute atomic E-state index is 13.6. The molecule has 1 aromatic carbocycles. The molecule has 2 amide bonds. The van der Waals surface area contributed by atoms with Gasteiger partial charge in [-0.2, -0.15) is 0 Å². The van der Waals surface area contributed by atoms with Crippen molar-refractivity contribution >= 4 is 23.5 Å². The molecule has 2 aromatic rings. The molecule has 1 N–H and O–H groups in total. The molecule has 208 valence electrons. The topological polar surface area (TPSA) is 87.1 Å². The number of fused-ring (bicyclic) bond motifs is 1. The average Bonchev–Trinajstić information content (AvgIpc) is 3.31. The van der Waals surface area contributed by atoms with E-state index in [1.807, 2.05) is 43.9 Å². The van der Waals surface area contributed by atoms with Crippen molar-refractivity contribution in [3.05, 3.63) is 59.0 Å². The highest BCUT2D eigenvalue weighted by Crippen LogP contribution is 2.31. The van der Waals surface area contributed by atoms with Crippen LogP contribution in [0.4, 0.5) is 15.0 Å². The summed E-state index contributed by atoms with van der Waals surface area (Å²) in [6.07, 6.45) is 4.67. The largest absolute Gasteiger partial charge is 0.444 e. The summed E-state index contributed by atoms with van der Waals surface area (Å²) in [7, 11) is 0. The number of halogens is 1. The van der Waals surface area contributed by atoms with Gasteiger partial charge in [-0.25, -0.2) is 14.2 Å². The number of hydrogen-bond donors (Lipinski definition) is 1. The summed E-state index contributed by atoms with van der Waals surface area (Å²) in [4.78, 5) is 38.7. The van der Waals surface area contributed by atoms with Crippen molar-refractivity contribution in [1.29, 1.82) is 0 Å². The highest BCUT2D eigenvalue weighted by atomic mass is 19.1. The Morgan fingerprint density at radius 1 is 1.05 bits per heavy atom. The van der Waals surface area contributed by atoms with Crippen LogP contribution in [0.1, 0.15) is 63.1 Å². The van der Waals surface area contributed by atoms with Gasteiger partial charge < -0.3 is 9.64 Å². The normalized spacial score (nSPS) is 19.0. The molecular weight excluding hydrogens is 497 g/mol. The Bertz CT molecular complexity index is 1240. The van der Waals surface area contributed by atoms with E-state index in [9.17, 15) is 14.0 Å². The average molecular weight is 536 g/mol. The number of likely N-dealkylation sites (tertiary alicyclic amines) is 2. The monoisotopic (exact) mass is 535 g/mol. The SMILES string of the molecule is CC(C)(C)OC(=O)Nc1cc(CN2CCC(C(=O)N3CCC(C4=NCc5cc(F)ccc54)CC3)CC2)ccn1. The summed E-state index contributed by atoms with van der Waals surface area (Å²) in [6, 6.07) is 8.77. The fourth-order valence-electron chi connectivity index (χ4n) is 5.82. The number of piperidine rings is 2. The smallest absolute Gasteiger partial charge is 0.413 e. The van der Waals surface area contributed by atoms with E-state index in [1.54, 1.807) is 12.3 Å². The van der Waals surface area contributed by atoms with Crippen LogP contribution < -0.4 is 5.32 Å². The van der Waals surface area contributed by atoms with Crippen LogP contribution in [0.25, 0.3) is 0 Å². The molecule has 0 spiro atoms. The van der Waals surface area contributed by atoms with Gasteiger partial charge >= 0.3 is 6.09 Å². The number of hydrogen-bond acceptors (Lipinski definition) is 6. The number of amides is 2. The van der Waals surface area contributed by atoms with E-state index in [2.05, 4.69) is 15.2 Å². The van der Waals surface area contributed by atoms with Gasteiger partial charge in [0.05, 0.1) is 6.54 Å². The molecule has 0 radical (unpaired) electrons. The second-order valence-corrected chi connectivity index (χ2v) is 11.8. The number of pyridine rings is 1. The summed E-state index contributed by atoms with van der Waals surface area (Å²) in [5.41, 5.74) is 3.62. The van der Waals surface area contributed by atoms with E-state index in [4.69, 9.17) is 9.73 Å².